The van der Waals surface area contributed by atoms with Crippen molar-refractivity contribution in [3.05, 3.63) is 5.28 Å². The number of nitrogens with zero attached hydrogens (tertiary/aromatic N) is 3. The van der Waals surface area contributed by atoms with Crippen molar-refractivity contribution in [1.82, 2.24) is 15.0 Å². The van der Waals surface area contributed by atoms with Crippen molar-refractivity contribution < 1.29 is 9.47 Å². The first-order chi connectivity index (χ1) is 6.76. The quantitative estimate of drug-likeness (QED) is 0.703. The number of methoxy groups -OCH3 is 1. The largest absolute Gasteiger partial charge is 0.467 e. The molecule has 78 valence electrons. The van der Waals surface area contributed by atoms with Gasteiger partial charge in [0.05, 0.1) is 13.7 Å². The summed E-state index contributed by atoms with van der Waals surface area (Å²) in [7, 11) is 1.46. The van der Waals surface area contributed by atoms with E-state index in [1.165, 1.54) is 7.11 Å². The van der Waals surface area contributed by atoms with E-state index in [9.17, 15) is 0 Å². The molecule has 0 bridgehead atoms. The fourth-order valence-corrected chi connectivity index (χ4v) is 0.923. The Morgan fingerprint density at radius 2 is 1.93 bits per heavy atom. The van der Waals surface area contributed by atoms with E-state index in [1.54, 1.807) is 0 Å². The zero-order valence-corrected chi connectivity index (χ0v) is 8.91. The summed E-state index contributed by atoms with van der Waals surface area (Å²) >= 11 is 5.62. The Labute approximate surface area is 87.4 Å². The van der Waals surface area contributed by atoms with Crippen LogP contribution < -0.4 is 9.47 Å². The Morgan fingerprint density at radius 1 is 1.21 bits per heavy atom. The predicted octanol–water partition coefficient (Wildman–Crippen LogP) is 1.71. The molecule has 0 spiro atoms. The van der Waals surface area contributed by atoms with Crippen LogP contribution in [0.4, 0.5) is 0 Å². The average molecular weight is 218 g/mol. The van der Waals surface area contributed by atoms with Crippen molar-refractivity contribution in [2.24, 2.45) is 0 Å². The molecule has 0 atom stereocenters. The van der Waals surface area contributed by atoms with Gasteiger partial charge in [0.25, 0.3) is 0 Å². The molecule has 1 heterocycles. The van der Waals surface area contributed by atoms with Crippen LogP contribution in [0.2, 0.25) is 5.28 Å². The minimum absolute atomic E-state index is 0.0725. The highest BCUT2D eigenvalue weighted by Crippen LogP contribution is 2.12. The predicted molar refractivity (Wildman–Crippen MR) is 51.8 cm³/mol. The van der Waals surface area contributed by atoms with E-state index in [4.69, 9.17) is 21.1 Å². The number of aromatic nitrogens is 3. The first-order valence-electron chi connectivity index (χ1n) is 4.34. The molecule has 0 aliphatic carbocycles. The van der Waals surface area contributed by atoms with Gasteiger partial charge in [-0.05, 0) is 18.0 Å². The maximum absolute atomic E-state index is 5.62. The lowest BCUT2D eigenvalue weighted by molar-refractivity contribution is 0.275. The molecule has 0 aromatic carbocycles. The Kier molecular flexibility index (Phi) is 4.39. The number of halogens is 1. The summed E-state index contributed by atoms with van der Waals surface area (Å²) in [6.45, 7) is 2.64. The molecule has 1 aromatic rings. The monoisotopic (exact) mass is 217 g/mol. The summed E-state index contributed by atoms with van der Waals surface area (Å²) < 4.78 is 10.1. The van der Waals surface area contributed by atoms with Gasteiger partial charge in [0.2, 0.25) is 5.28 Å². The van der Waals surface area contributed by atoms with Crippen molar-refractivity contribution in [1.29, 1.82) is 0 Å². The summed E-state index contributed by atoms with van der Waals surface area (Å²) in [6.07, 6.45) is 2.00. The second kappa shape index (κ2) is 5.59. The van der Waals surface area contributed by atoms with Gasteiger partial charge in [-0.25, -0.2) is 0 Å². The van der Waals surface area contributed by atoms with E-state index in [2.05, 4.69) is 21.9 Å². The molecule has 1 aromatic heterocycles. The Balaban J connectivity index is 2.62. The minimum atomic E-state index is 0.0725. The molecule has 0 aliphatic heterocycles. The third-order valence-corrected chi connectivity index (χ3v) is 1.65. The van der Waals surface area contributed by atoms with Crippen molar-refractivity contribution in [2.75, 3.05) is 13.7 Å². The number of rotatable bonds is 5. The van der Waals surface area contributed by atoms with Gasteiger partial charge < -0.3 is 9.47 Å². The highest BCUT2D eigenvalue weighted by Gasteiger charge is 2.05. The van der Waals surface area contributed by atoms with Gasteiger partial charge in [-0.3, -0.25) is 0 Å². The summed E-state index contributed by atoms with van der Waals surface area (Å²) in [5, 5.41) is 0.0725. The molecule has 0 aliphatic rings. The number of hydrogen-bond donors (Lipinski definition) is 0. The molecule has 0 saturated heterocycles. The van der Waals surface area contributed by atoms with E-state index in [-0.39, 0.29) is 17.3 Å². The number of ether oxygens (including phenoxy) is 2. The molecule has 6 heteroatoms. The van der Waals surface area contributed by atoms with Crippen LogP contribution >= 0.6 is 11.6 Å². The third-order valence-electron chi connectivity index (χ3n) is 1.48. The molecular formula is C8H12ClN3O2. The molecular weight excluding hydrogens is 206 g/mol. The zero-order valence-electron chi connectivity index (χ0n) is 8.16. The smallest absolute Gasteiger partial charge is 0.323 e. The molecule has 0 fully saturated rings. The molecule has 0 saturated carbocycles. The molecule has 14 heavy (non-hydrogen) atoms. The van der Waals surface area contributed by atoms with Crippen LogP contribution in [0.25, 0.3) is 0 Å². The molecule has 5 nitrogen and oxygen atoms in total. The second-order valence-electron chi connectivity index (χ2n) is 2.58. The van der Waals surface area contributed by atoms with Gasteiger partial charge in [-0.15, -0.1) is 4.98 Å². The van der Waals surface area contributed by atoms with Gasteiger partial charge in [0, 0.05) is 0 Å². The fraction of sp³-hybridized carbons (Fsp3) is 0.625. The van der Waals surface area contributed by atoms with E-state index in [0.29, 0.717) is 6.61 Å². The van der Waals surface area contributed by atoms with Gasteiger partial charge in [0.1, 0.15) is 0 Å². The first-order valence-corrected chi connectivity index (χ1v) is 4.72. The van der Waals surface area contributed by atoms with Crippen LogP contribution in [0.1, 0.15) is 19.8 Å². The number of unbranched alkanes of at least 4 members (excludes halogenated alkanes) is 1. The maximum Gasteiger partial charge on any atom is 0.323 e. The minimum Gasteiger partial charge on any atom is -0.467 e. The van der Waals surface area contributed by atoms with Crippen LogP contribution in [0.3, 0.4) is 0 Å². The standard InChI is InChI=1S/C8H12ClN3O2/c1-3-4-5-14-8-11-6(9)10-7(12-8)13-2/h3-5H2,1-2H3. The van der Waals surface area contributed by atoms with E-state index >= 15 is 0 Å². The van der Waals surface area contributed by atoms with E-state index in [1.807, 2.05) is 0 Å². The fourth-order valence-electron chi connectivity index (χ4n) is 0.778. The van der Waals surface area contributed by atoms with E-state index < -0.39 is 0 Å². The third kappa shape index (κ3) is 3.33. The molecule has 0 radical (unpaired) electrons. The van der Waals surface area contributed by atoms with Crippen LogP contribution in [0, 0.1) is 0 Å². The molecule has 0 amide bonds. The van der Waals surface area contributed by atoms with Gasteiger partial charge in [-0.1, -0.05) is 13.3 Å². The van der Waals surface area contributed by atoms with Crippen LogP contribution in [0.15, 0.2) is 0 Å². The van der Waals surface area contributed by atoms with Crippen LogP contribution in [-0.4, -0.2) is 28.7 Å². The van der Waals surface area contributed by atoms with Crippen molar-refractivity contribution in [3.63, 3.8) is 0 Å². The van der Waals surface area contributed by atoms with Crippen molar-refractivity contribution >= 4 is 11.6 Å². The summed E-state index contributed by atoms with van der Waals surface area (Å²) in [5.74, 6) is 0. The summed E-state index contributed by atoms with van der Waals surface area (Å²) in [6, 6.07) is 0.367. The van der Waals surface area contributed by atoms with Crippen LogP contribution in [-0.2, 0) is 0 Å². The zero-order chi connectivity index (χ0) is 10.4. The first kappa shape index (κ1) is 11.0. The molecule has 1 rings (SSSR count). The van der Waals surface area contributed by atoms with Gasteiger partial charge in [0.15, 0.2) is 0 Å². The molecule has 0 N–H and O–H groups in total. The topological polar surface area (TPSA) is 57.1 Å². The number of hydrogen-bond acceptors (Lipinski definition) is 5. The lowest BCUT2D eigenvalue weighted by atomic mass is 10.4. The Hall–Kier alpha value is -1.10. The maximum atomic E-state index is 5.62. The van der Waals surface area contributed by atoms with Gasteiger partial charge in [-0.2, -0.15) is 9.97 Å². The van der Waals surface area contributed by atoms with Crippen molar-refractivity contribution in [3.8, 4) is 12.0 Å². The Morgan fingerprint density at radius 3 is 2.57 bits per heavy atom. The summed E-state index contributed by atoms with van der Waals surface area (Å²) in [4.78, 5) is 11.4. The van der Waals surface area contributed by atoms with E-state index in [0.717, 1.165) is 12.8 Å². The molecule has 0 unspecified atom stereocenters. The lowest BCUT2D eigenvalue weighted by Crippen LogP contribution is -2.03. The van der Waals surface area contributed by atoms with Gasteiger partial charge >= 0.3 is 12.0 Å². The average Bonchev–Trinajstić information content (AvgIpc) is 2.17. The second-order valence-corrected chi connectivity index (χ2v) is 2.91. The normalized spacial score (nSPS) is 9.93. The Bertz CT molecular complexity index is 296. The highest BCUT2D eigenvalue weighted by molar-refractivity contribution is 6.28. The lowest BCUT2D eigenvalue weighted by Gasteiger charge is -2.04. The SMILES string of the molecule is CCCCOc1nc(Cl)nc(OC)n1. The highest BCUT2D eigenvalue weighted by atomic mass is 35.5. The van der Waals surface area contributed by atoms with Crippen molar-refractivity contribution in [2.45, 2.75) is 19.8 Å². The van der Waals surface area contributed by atoms with Crippen LogP contribution in [0.5, 0.6) is 12.0 Å². The summed E-state index contributed by atoms with van der Waals surface area (Å²) in [5.41, 5.74) is 0.